The molecule has 1 aliphatic heterocycles. The number of piperazine rings is 1. The molecule has 1 aliphatic rings. The van der Waals surface area contributed by atoms with Crippen LogP contribution in [0.1, 0.15) is 4.88 Å². The molecule has 2 heterocycles. The molecule has 2 aromatic carbocycles. The van der Waals surface area contributed by atoms with E-state index in [1.807, 2.05) is 18.2 Å². The van der Waals surface area contributed by atoms with Gasteiger partial charge in [-0.3, -0.25) is 15.0 Å². The first-order valence-electron chi connectivity index (χ1n) is 9.31. The third-order valence-electron chi connectivity index (χ3n) is 5.03. The number of hydrogen-bond acceptors (Lipinski definition) is 6. The summed E-state index contributed by atoms with van der Waals surface area (Å²) in [6, 6.07) is 16.9. The fraction of sp³-hybridized carbons (Fsp3) is 0.286. The minimum absolute atomic E-state index is 0.0999. The second-order valence-corrected chi connectivity index (χ2v) is 8.12. The van der Waals surface area contributed by atoms with Gasteiger partial charge in [-0.05, 0) is 19.2 Å². The van der Waals surface area contributed by atoms with Gasteiger partial charge in [0.2, 0.25) is 0 Å². The lowest BCUT2D eigenvalue weighted by atomic mass is 10.1. The summed E-state index contributed by atoms with van der Waals surface area (Å²) >= 11 is 1.71. The van der Waals surface area contributed by atoms with Crippen molar-refractivity contribution in [1.82, 2.24) is 14.8 Å². The van der Waals surface area contributed by atoms with Gasteiger partial charge in [0, 0.05) is 60.9 Å². The van der Waals surface area contributed by atoms with E-state index in [0.717, 1.165) is 54.6 Å². The highest BCUT2D eigenvalue weighted by Gasteiger charge is 2.20. The van der Waals surface area contributed by atoms with Crippen molar-refractivity contribution in [3.8, 4) is 21.8 Å². The highest BCUT2D eigenvalue weighted by molar-refractivity contribution is 7.15. The van der Waals surface area contributed by atoms with Crippen molar-refractivity contribution in [2.45, 2.75) is 6.54 Å². The normalized spacial score (nSPS) is 15.6. The number of thiazole rings is 1. The van der Waals surface area contributed by atoms with E-state index in [4.69, 9.17) is 4.98 Å². The number of rotatable bonds is 5. The van der Waals surface area contributed by atoms with Gasteiger partial charge in [0.15, 0.2) is 0 Å². The fourth-order valence-electron chi connectivity index (χ4n) is 3.34. The molecule has 0 bridgehead atoms. The van der Waals surface area contributed by atoms with Crippen LogP contribution < -0.4 is 0 Å². The smallest absolute Gasteiger partial charge is 0.269 e. The third kappa shape index (κ3) is 4.11. The molecule has 1 saturated heterocycles. The Morgan fingerprint density at radius 1 is 1.00 bits per heavy atom. The number of nitro groups is 1. The molecular weight excluding hydrogens is 372 g/mol. The van der Waals surface area contributed by atoms with Crippen molar-refractivity contribution in [3.63, 3.8) is 0 Å². The Bertz CT molecular complexity index is 948. The molecule has 3 aromatic rings. The van der Waals surface area contributed by atoms with Crippen LogP contribution in [0.25, 0.3) is 21.8 Å². The lowest BCUT2D eigenvalue weighted by Crippen LogP contribution is -2.43. The number of hydrogen-bond donors (Lipinski definition) is 0. The standard InChI is InChI=1S/C21H22N4O2S/c1-23-11-13-24(14-12-23)15-19-20(16-7-9-18(10-8-16)25(26)27)22-21(28-19)17-5-3-2-4-6-17/h2-10H,11-15H2,1H3. The Morgan fingerprint density at radius 3 is 2.32 bits per heavy atom. The first kappa shape index (κ1) is 18.7. The van der Waals surface area contributed by atoms with Crippen molar-refractivity contribution in [1.29, 1.82) is 0 Å². The summed E-state index contributed by atoms with van der Waals surface area (Å²) in [4.78, 5) is 21.5. The van der Waals surface area contributed by atoms with Gasteiger partial charge in [0.25, 0.3) is 5.69 Å². The minimum Gasteiger partial charge on any atom is -0.304 e. The number of likely N-dealkylation sites (N-methyl/N-ethyl adjacent to an activating group) is 1. The van der Waals surface area contributed by atoms with Crippen molar-refractivity contribution in [2.24, 2.45) is 0 Å². The van der Waals surface area contributed by atoms with E-state index in [1.165, 1.54) is 4.88 Å². The minimum atomic E-state index is -0.370. The molecule has 4 rings (SSSR count). The summed E-state index contributed by atoms with van der Waals surface area (Å²) in [6.07, 6.45) is 0. The largest absolute Gasteiger partial charge is 0.304 e. The molecule has 0 N–H and O–H groups in total. The zero-order chi connectivity index (χ0) is 19.5. The average Bonchev–Trinajstić information content (AvgIpc) is 3.14. The number of non-ortho nitro benzene ring substituents is 1. The van der Waals surface area contributed by atoms with Crippen molar-refractivity contribution >= 4 is 17.0 Å². The van der Waals surface area contributed by atoms with Crippen molar-refractivity contribution < 1.29 is 4.92 Å². The van der Waals surface area contributed by atoms with Crippen LogP contribution in [0.3, 0.4) is 0 Å². The third-order valence-corrected chi connectivity index (χ3v) is 6.12. The molecular formula is C21H22N4O2S. The molecule has 1 fully saturated rings. The van der Waals surface area contributed by atoms with Gasteiger partial charge < -0.3 is 4.90 Å². The summed E-state index contributed by atoms with van der Waals surface area (Å²) in [5.74, 6) is 0. The van der Waals surface area contributed by atoms with Gasteiger partial charge in [-0.2, -0.15) is 0 Å². The maximum Gasteiger partial charge on any atom is 0.269 e. The predicted molar refractivity (Wildman–Crippen MR) is 112 cm³/mol. The molecule has 0 aliphatic carbocycles. The Kier molecular flexibility index (Phi) is 5.47. The maximum atomic E-state index is 11.0. The first-order valence-corrected chi connectivity index (χ1v) is 10.1. The van der Waals surface area contributed by atoms with Crippen LogP contribution >= 0.6 is 11.3 Å². The van der Waals surface area contributed by atoms with Crippen molar-refractivity contribution in [3.05, 3.63) is 69.6 Å². The number of benzene rings is 2. The monoisotopic (exact) mass is 394 g/mol. The molecule has 1 aromatic heterocycles. The van der Waals surface area contributed by atoms with E-state index < -0.39 is 0 Å². The molecule has 0 spiro atoms. The Morgan fingerprint density at radius 2 is 1.68 bits per heavy atom. The van der Waals surface area contributed by atoms with E-state index >= 15 is 0 Å². The molecule has 144 valence electrons. The molecule has 0 radical (unpaired) electrons. The second-order valence-electron chi connectivity index (χ2n) is 7.04. The highest BCUT2D eigenvalue weighted by Crippen LogP contribution is 2.35. The number of nitro benzene ring substituents is 1. The molecule has 28 heavy (non-hydrogen) atoms. The van der Waals surface area contributed by atoms with Gasteiger partial charge in [0.05, 0.1) is 10.6 Å². The fourth-order valence-corrected chi connectivity index (χ4v) is 4.47. The Balaban J connectivity index is 1.68. The van der Waals surface area contributed by atoms with E-state index in [-0.39, 0.29) is 10.6 Å². The molecule has 7 heteroatoms. The summed E-state index contributed by atoms with van der Waals surface area (Å²) in [5, 5.41) is 12.0. The lowest BCUT2D eigenvalue weighted by molar-refractivity contribution is -0.384. The molecule has 6 nitrogen and oxygen atoms in total. The van der Waals surface area contributed by atoms with Gasteiger partial charge in [-0.15, -0.1) is 11.3 Å². The van der Waals surface area contributed by atoms with Crippen LogP contribution in [-0.2, 0) is 6.54 Å². The summed E-state index contributed by atoms with van der Waals surface area (Å²) < 4.78 is 0. The molecule has 0 saturated carbocycles. The van der Waals surface area contributed by atoms with E-state index in [9.17, 15) is 10.1 Å². The first-order chi connectivity index (χ1) is 13.6. The van der Waals surface area contributed by atoms with Gasteiger partial charge in [-0.1, -0.05) is 30.3 Å². The predicted octanol–water partition coefficient (Wildman–Crippen LogP) is 4.13. The topological polar surface area (TPSA) is 62.5 Å². The summed E-state index contributed by atoms with van der Waals surface area (Å²) in [5.41, 5.74) is 3.05. The van der Waals surface area contributed by atoms with Crippen LogP contribution in [-0.4, -0.2) is 52.9 Å². The van der Waals surface area contributed by atoms with Crippen LogP contribution in [0, 0.1) is 10.1 Å². The van der Waals surface area contributed by atoms with E-state index in [2.05, 4.69) is 29.0 Å². The summed E-state index contributed by atoms with van der Waals surface area (Å²) in [6.45, 7) is 5.06. The van der Waals surface area contributed by atoms with Gasteiger partial charge >= 0.3 is 0 Å². The number of nitrogens with zero attached hydrogens (tertiary/aromatic N) is 4. The highest BCUT2D eigenvalue weighted by atomic mass is 32.1. The number of aromatic nitrogens is 1. The van der Waals surface area contributed by atoms with E-state index in [0.29, 0.717) is 0 Å². The van der Waals surface area contributed by atoms with Gasteiger partial charge in [0.1, 0.15) is 5.01 Å². The molecule has 0 unspecified atom stereocenters. The second kappa shape index (κ2) is 8.18. The zero-order valence-electron chi connectivity index (χ0n) is 15.7. The summed E-state index contributed by atoms with van der Waals surface area (Å²) in [7, 11) is 2.15. The van der Waals surface area contributed by atoms with Crippen LogP contribution in [0.5, 0.6) is 0 Å². The van der Waals surface area contributed by atoms with Gasteiger partial charge in [-0.25, -0.2) is 4.98 Å². The van der Waals surface area contributed by atoms with E-state index in [1.54, 1.807) is 35.6 Å². The van der Waals surface area contributed by atoms with Crippen LogP contribution in [0.4, 0.5) is 5.69 Å². The van der Waals surface area contributed by atoms with Crippen LogP contribution in [0.15, 0.2) is 54.6 Å². The quantitative estimate of drug-likeness (QED) is 0.481. The average molecular weight is 395 g/mol. The van der Waals surface area contributed by atoms with Crippen LogP contribution in [0.2, 0.25) is 0 Å². The maximum absolute atomic E-state index is 11.0. The Hall–Kier alpha value is -2.61. The Labute approximate surface area is 168 Å². The van der Waals surface area contributed by atoms with Crippen molar-refractivity contribution in [2.75, 3.05) is 33.2 Å². The SMILES string of the molecule is CN1CCN(Cc2sc(-c3ccccc3)nc2-c2ccc([N+](=O)[O-])cc2)CC1. The zero-order valence-corrected chi connectivity index (χ0v) is 16.6. The molecule has 0 atom stereocenters. The molecule has 0 amide bonds. The lowest BCUT2D eigenvalue weighted by Gasteiger charge is -2.32.